The van der Waals surface area contributed by atoms with Crippen molar-refractivity contribution in [2.45, 2.75) is 56.4 Å². The van der Waals surface area contributed by atoms with Gasteiger partial charge in [-0.3, -0.25) is 9.52 Å². The summed E-state index contributed by atoms with van der Waals surface area (Å²) >= 11 is 0. The Bertz CT molecular complexity index is 983. The van der Waals surface area contributed by atoms with Gasteiger partial charge in [-0.1, -0.05) is 36.6 Å². The molecule has 0 bridgehead atoms. The number of anilines is 1. The van der Waals surface area contributed by atoms with E-state index >= 15 is 0 Å². The van der Waals surface area contributed by atoms with E-state index in [2.05, 4.69) is 4.72 Å². The summed E-state index contributed by atoms with van der Waals surface area (Å²) in [5, 5.41) is 0. The zero-order valence-corrected chi connectivity index (χ0v) is 17.6. The van der Waals surface area contributed by atoms with E-state index in [9.17, 15) is 13.2 Å². The first-order valence-electron chi connectivity index (χ1n) is 10.4. The van der Waals surface area contributed by atoms with Gasteiger partial charge in [0.1, 0.15) is 0 Å². The maximum absolute atomic E-state index is 13.2. The quantitative estimate of drug-likeness (QED) is 0.799. The van der Waals surface area contributed by atoms with E-state index in [0.29, 0.717) is 23.2 Å². The molecule has 1 aliphatic heterocycles. The molecule has 4 rings (SSSR count). The highest BCUT2D eigenvalue weighted by Gasteiger charge is 2.36. The molecule has 1 amide bonds. The molecule has 5 nitrogen and oxygen atoms in total. The minimum absolute atomic E-state index is 0.0472. The van der Waals surface area contributed by atoms with Crippen molar-refractivity contribution in [3.05, 3.63) is 59.7 Å². The lowest BCUT2D eigenvalue weighted by Crippen LogP contribution is -2.49. The highest BCUT2D eigenvalue weighted by atomic mass is 32.2. The Balaban J connectivity index is 1.56. The van der Waals surface area contributed by atoms with Crippen molar-refractivity contribution in [2.75, 3.05) is 11.3 Å². The van der Waals surface area contributed by atoms with Gasteiger partial charge in [0.25, 0.3) is 15.9 Å². The molecule has 2 atom stereocenters. The van der Waals surface area contributed by atoms with Crippen LogP contribution in [0.3, 0.4) is 0 Å². The van der Waals surface area contributed by atoms with Gasteiger partial charge >= 0.3 is 0 Å². The van der Waals surface area contributed by atoms with Gasteiger partial charge in [0.05, 0.1) is 4.90 Å². The van der Waals surface area contributed by atoms with Crippen LogP contribution in [0, 0.1) is 12.8 Å². The average Bonchev–Trinajstić information content (AvgIpc) is 2.74. The Hall–Kier alpha value is -2.34. The second-order valence-electron chi connectivity index (χ2n) is 8.25. The number of nitrogens with one attached hydrogen (secondary N) is 1. The molecular weight excluding hydrogens is 384 g/mol. The number of sulfonamides is 1. The van der Waals surface area contributed by atoms with Crippen LogP contribution < -0.4 is 4.72 Å². The monoisotopic (exact) mass is 412 g/mol. The number of fused-ring (bicyclic) bond motifs is 1. The number of rotatable bonds is 4. The number of benzene rings is 2. The number of likely N-dealkylation sites (tertiary alicyclic amines) is 1. The normalized spacial score (nSPS) is 22.0. The molecule has 154 valence electrons. The number of hydrogen-bond donors (Lipinski definition) is 1. The zero-order valence-electron chi connectivity index (χ0n) is 16.8. The molecule has 0 aromatic heterocycles. The van der Waals surface area contributed by atoms with Crippen molar-refractivity contribution in [3.63, 3.8) is 0 Å². The predicted octanol–water partition coefficient (Wildman–Crippen LogP) is 4.59. The first kappa shape index (κ1) is 20.0. The minimum atomic E-state index is -3.76. The molecule has 1 saturated carbocycles. The first-order valence-corrected chi connectivity index (χ1v) is 11.9. The smallest absolute Gasteiger partial charge is 0.261 e. The van der Waals surface area contributed by atoms with Crippen LogP contribution in [0.4, 0.5) is 5.69 Å². The fourth-order valence-corrected chi connectivity index (χ4v) is 5.78. The van der Waals surface area contributed by atoms with Crippen LogP contribution in [0.15, 0.2) is 53.4 Å². The summed E-state index contributed by atoms with van der Waals surface area (Å²) in [6.45, 7) is 2.71. The highest BCUT2D eigenvalue weighted by molar-refractivity contribution is 7.92. The van der Waals surface area contributed by atoms with Gasteiger partial charge in [0.15, 0.2) is 0 Å². The summed E-state index contributed by atoms with van der Waals surface area (Å²) in [7, 11) is -3.76. The van der Waals surface area contributed by atoms with Crippen molar-refractivity contribution >= 4 is 21.6 Å². The SMILES string of the molecule is Cc1ccc(NS(=O)(=O)c2cccc(C(=O)N3CCCC4CCCCC43)c2)cc1. The molecule has 1 N–H and O–H groups in total. The molecule has 1 saturated heterocycles. The molecule has 2 aromatic rings. The van der Waals surface area contributed by atoms with Crippen LogP contribution in [0.1, 0.15) is 54.4 Å². The number of amides is 1. The van der Waals surface area contributed by atoms with E-state index in [4.69, 9.17) is 0 Å². The number of carbonyl (C=O) groups excluding carboxylic acids is 1. The highest BCUT2D eigenvalue weighted by Crippen LogP contribution is 2.36. The molecule has 1 aliphatic carbocycles. The Kier molecular flexibility index (Phi) is 5.63. The van der Waals surface area contributed by atoms with Crippen LogP contribution in [0.25, 0.3) is 0 Å². The predicted molar refractivity (Wildman–Crippen MR) is 114 cm³/mol. The van der Waals surface area contributed by atoms with Gasteiger partial charge in [-0.25, -0.2) is 8.42 Å². The summed E-state index contributed by atoms with van der Waals surface area (Å²) in [5.41, 5.74) is 2.01. The van der Waals surface area contributed by atoms with Crippen molar-refractivity contribution < 1.29 is 13.2 Å². The molecule has 2 fully saturated rings. The minimum Gasteiger partial charge on any atom is -0.335 e. The van der Waals surface area contributed by atoms with Gasteiger partial charge in [0.2, 0.25) is 0 Å². The average molecular weight is 413 g/mol. The lowest BCUT2D eigenvalue weighted by molar-refractivity contribution is 0.0390. The maximum atomic E-state index is 13.2. The summed E-state index contributed by atoms with van der Waals surface area (Å²) in [6, 6.07) is 13.9. The van der Waals surface area contributed by atoms with Crippen molar-refractivity contribution in [1.82, 2.24) is 4.90 Å². The van der Waals surface area contributed by atoms with Gasteiger partial charge in [-0.05, 0) is 68.9 Å². The number of hydrogen-bond acceptors (Lipinski definition) is 3. The van der Waals surface area contributed by atoms with Gasteiger partial charge < -0.3 is 4.90 Å². The van der Waals surface area contributed by atoms with Crippen LogP contribution in [0.5, 0.6) is 0 Å². The summed E-state index contributed by atoms with van der Waals surface area (Å²) in [6.07, 6.45) is 6.90. The second kappa shape index (κ2) is 8.19. The number of piperidine rings is 1. The number of aryl methyl sites for hydroxylation is 1. The van der Waals surface area contributed by atoms with Crippen molar-refractivity contribution in [1.29, 1.82) is 0 Å². The van der Waals surface area contributed by atoms with E-state index in [-0.39, 0.29) is 10.8 Å². The molecule has 0 spiro atoms. The summed E-state index contributed by atoms with van der Waals surface area (Å²) < 4.78 is 28.3. The Morgan fingerprint density at radius 1 is 1.00 bits per heavy atom. The van der Waals surface area contributed by atoms with Crippen LogP contribution in [-0.4, -0.2) is 31.8 Å². The van der Waals surface area contributed by atoms with E-state index < -0.39 is 10.0 Å². The largest absolute Gasteiger partial charge is 0.335 e. The van der Waals surface area contributed by atoms with E-state index in [1.165, 1.54) is 37.8 Å². The fraction of sp³-hybridized carbons (Fsp3) is 0.435. The third-order valence-electron chi connectivity index (χ3n) is 6.20. The lowest BCUT2D eigenvalue weighted by Gasteiger charge is -2.44. The summed E-state index contributed by atoms with van der Waals surface area (Å²) in [4.78, 5) is 15.3. The first-order chi connectivity index (χ1) is 13.9. The van der Waals surface area contributed by atoms with Gasteiger partial charge in [0, 0.05) is 23.8 Å². The van der Waals surface area contributed by atoms with Crippen LogP contribution in [-0.2, 0) is 10.0 Å². The molecule has 2 aliphatic rings. The van der Waals surface area contributed by atoms with E-state index in [0.717, 1.165) is 24.9 Å². The molecule has 1 heterocycles. The van der Waals surface area contributed by atoms with Gasteiger partial charge in [-0.2, -0.15) is 0 Å². The third kappa shape index (κ3) is 4.32. The summed E-state index contributed by atoms with van der Waals surface area (Å²) in [5.74, 6) is 0.547. The standard InChI is InChI=1S/C23H28N2O3S/c1-17-11-13-20(14-12-17)24-29(27,28)21-9-4-7-19(16-21)23(26)25-15-5-8-18-6-2-3-10-22(18)25/h4,7,9,11-14,16,18,22,24H,2-3,5-6,8,10,15H2,1H3. The second-order valence-corrected chi connectivity index (χ2v) is 9.93. The van der Waals surface area contributed by atoms with Crippen molar-refractivity contribution in [3.8, 4) is 0 Å². The topological polar surface area (TPSA) is 66.5 Å². The van der Waals surface area contributed by atoms with Crippen LogP contribution >= 0.6 is 0 Å². The van der Waals surface area contributed by atoms with E-state index in [1.54, 1.807) is 24.3 Å². The van der Waals surface area contributed by atoms with Gasteiger partial charge in [-0.15, -0.1) is 0 Å². The number of nitrogens with zero attached hydrogens (tertiary/aromatic N) is 1. The Morgan fingerprint density at radius 2 is 1.72 bits per heavy atom. The molecule has 0 radical (unpaired) electrons. The molecule has 2 aromatic carbocycles. The molecule has 2 unspecified atom stereocenters. The van der Waals surface area contributed by atoms with E-state index in [1.807, 2.05) is 24.0 Å². The number of carbonyl (C=O) groups is 1. The zero-order chi connectivity index (χ0) is 20.4. The third-order valence-corrected chi connectivity index (χ3v) is 7.58. The fourth-order valence-electron chi connectivity index (χ4n) is 4.67. The van der Waals surface area contributed by atoms with Crippen LogP contribution in [0.2, 0.25) is 0 Å². The maximum Gasteiger partial charge on any atom is 0.261 e. The Morgan fingerprint density at radius 3 is 2.52 bits per heavy atom. The molecule has 29 heavy (non-hydrogen) atoms. The molecule has 6 heteroatoms. The molecular formula is C23H28N2O3S. The van der Waals surface area contributed by atoms with Crippen molar-refractivity contribution in [2.24, 2.45) is 5.92 Å². The lowest BCUT2D eigenvalue weighted by atomic mass is 9.78. The Labute approximate surface area is 173 Å².